The molecule has 1 aliphatic rings. The van der Waals surface area contributed by atoms with Gasteiger partial charge in [-0.05, 0) is 18.8 Å². The molecule has 12 heteroatoms. The first-order chi connectivity index (χ1) is 8.48. The fraction of sp³-hybridized carbons (Fsp3) is 1.00. The van der Waals surface area contributed by atoms with Crippen LogP contribution in [-0.4, -0.2) is 61.0 Å². The van der Waals surface area contributed by atoms with Gasteiger partial charge >= 0.3 is 20.7 Å². The van der Waals surface area contributed by atoms with Crippen LogP contribution in [-0.2, 0) is 24.9 Å². The smallest absolute Gasteiger partial charge is 0.391 e. The van der Waals surface area contributed by atoms with E-state index in [1.54, 1.807) is 4.72 Å². The second kappa shape index (κ2) is 5.97. The van der Waals surface area contributed by atoms with E-state index in [4.69, 9.17) is 9.11 Å². The molecule has 5 N–H and O–H groups in total. The molecule has 1 rings (SSSR count). The van der Waals surface area contributed by atoms with Crippen molar-refractivity contribution in [2.75, 3.05) is 6.61 Å². The van der Waals surface area contributed by atoms with Crippen LogP contribution in [0.25, 0.3) is 0 Å². The highest BCUT2D eigenvalue weighted by Gasteiger charge is 2.38. The first-order valence-electron chi connectivity index (χ1n) is 5.20. The van der Waals surface area contributed by atoms with Crippen molar-refractivity contribution in [2.24, 2.45) is 5.92 Å². The van der Waals surface area contributed by atoms with Crippen molar-refractivity contribution < 1.29 is 40.3 Å². The number of aliphatic hydroxyl groups excluding tert-OH is 2. The lowest BCUT2D eigenvalue weighted by Gasteiger charge is -2.36. The van der Waals surface area contributed by atoms with Gasteiger partial charge in [0, 0.05) is 0 Å². The lowest BCUT2D eigenvalue weighted by Crippen LogP contribution is -2.55. The van der Waals surface area contributed by atoms with Crippen LogP contribution in [0.4, 0.5) is 0 Å². The Hall–Kier alpha value is -0.340. The quantitative estimate of drug-likeness (QED) is 0.349. The zero-order chi connectivity index (χ0) is 14.8. The van der Waals surface area contributed by atoms with Crippen molar-refractivity contribution >= 4 is 20.7 Å². The summed E-state index contributed by atoms with van der Waals surface area (Å²) in [5.74, 6) is -0.591. The lowest BCUT2D eigenvalue weighted by atomic mass is 9.83. The SMILES string of the molecule is O=S(=O)(O)NC1C(O)CC(COS(=O)(=O)O)C[C@H]1O. The number of hydrogen-bond donors (Lipinski definition) is 5. The van der Waals surface area contributed by atoms with Gasteiger partial charge in [-0.2, -0.15) is 21.6 Å². The molecule has 1 saturated carbocycles. The molecular formula is C7H15NO9S2. The average Bonchev–Trinajstić information content (AvgIpc) is 2.18. The van der Waals surface area contributed by atoms with Crippen molar-refractivity contribution in [2.45, 2.75) is 31.1 Å². The summed E-state index contributed by atoms with van der Waals surface area (Å²) in [6, 6.07) is -1.29. The maximum absolute atomic E-state index is 10.6. The molecule has 10 nitrogen and oxygen atoms in total. The van der Waals surface area contributed by atoms with Crippen LogP contribution in [0.2, 0.25) is 0 Å². The maximum atomic E-state index is 10.6. The normalized spacial score (nSPS) is 33.3. The third-order valence-electron chi connectivity index (χ3n) is 2.72. The van der Waals surface area contributed by atoms with Crippen LogP contribution in [0, 0.1) is 5.92 Å². The van der Waals surface area contributed by atoms with E-state index in [1.165, 1.54) is 0 Å². The molecule has 0 spiro atoms. The third-order valence-corrected chi connectivity index (χ3v) is 3.72. The molecule has 4 atom stereocenters. The Kier molecular flexibility index (Phi) is 5.25. The van der Waals surface area contributed by atoms with Crippen molar-refractivity contribution in [3.8, 4) is 0 Å². The predicted octanol–water partition coefficient (Wildman–Crippen LogP) is -2.30. The van der Waals surface area contributed by atoms with Crippen LogP contribution in [0.3, 0.4) is 0 Å². The van der Waals surface area contributed by atoms with Gasteiger partial charge < -0.3 is 10.2 Å². The Morgan fingerprint density at radius 2 is 1.53 bits per heavy atom. The summed E-state index contributed by atoms with van der Waals surface area (Å²) in [4.78, 5) is 0. The van der Waals surface area contributed by atoms with Gasteiger partial charge in [0.15, 0.2) is 0 Å². The molecular weight excluding hydrogens is 306 g/mol. The molecule has 0 aromatic heterocycles. The van der Waals surface area contributed by atoms with Crippen molar-refractivity contribution in [1.82, 2.24) is 4.72 Å². The minimum atomic E-state index is -4.62. The highest BCUT2D eigenvalue weighted by atomic mass is 32.3. The summed E-state index contributed by atoms with van der Waals surface area (Å²) in [6.07, 6.45) is -2.80. The van der Waals surface area contributed by atoms with Gasteiger partial charge in [0.25, 0.3) is 0 Å². The van der Waals surface area contributed by atoms with E-state index in [1.807, 2.05) is 0 Å². The molecule has 0 saturated heterocycles. The standard InChI is InChI=1S/C7H15NO9S2/c9-5-1-4(3-17-19(14,15)16)2-6(10)7(5)8-18(11,12)13/h4-10H,1-3H2,(H,11,12,13)(H,14,15,16)/t4?,5-,6?,7?/m1/s1. The Morgan fingerprint density at radius 3 is 1.89 bits per heavy atom. The van der Waals surface area contributed by atoms with E-state index in [0.717, 1.165) is 0 Å². The molecule has 0 bridgehead atoms. The van der Waals surface area contributed by atoms with Crippen LogP contribution in [0.15, 0.2) is 0 Å². The van der Waals surface area contributed by atoms with Gasteiger partial charge in [0.05, 0.1) is 24.9 Å². The van der Waals surface area contributed by atoms with Gasteiger partial charge in [-0.15, -0.1) is 0 Å². The zero-order valence-corrected chi connectivity index (χ0v) is 11.2. The monoisotopic (exact) mass is 321 g/mol. The molecule has 0 radical (unpaired) electrons. The van der Waals surface area contributed by atoms with Gasteiger partial charge in [-0.3, -0.25) is 9.11 Å². The summed E-state index contributed by atoms with van der Waals surface area (Å²) in [6.45, 7) is -0.453. The Balaban J connectivity index is 2.61. The first kappa shape index (κ1) is 16.7. The molecule has 0 amide bonds. The van der Waals surface area contributed by atoms with Gasteiger partial charge in [-0.25, -0.2) is 4.18 Å². The first-order valence-corrected chi connectivity index (χ1v) is 8.01. The second-order valence-electron chi connectivity index (χ2n) is 4.30. The Bertz CT molecular complexity index is 489. The molecule has 0 aromatic rings. The van der Waals surface area contributed by atoms with Crippen molar-refractivity contribution in [1.29, 1.82) is 0 Å². The molecule has 0 aromatic carbocycles. The fourth-order valence-electron chi connectivity index (χ4n) is 1.98. The largest absolute Gasteiger partial charge is 0.397 e. The van der Waals surface area contributed by atoms with E-state index in [-0.39, 0.29) is 12.8 Å². The molecule has 1 aliphatic carbocycles. The molecule has 3 unspecified atom stereocenters. The molecule has 1 fully saturated rings. The van der Waals surface area contributed by atoms with Gasteiger partial charge in [0.2, 0.25) is 0 Å². The minimum absolute atomic E-state index is 0.0697. The summed E-state index contributed by atoms with van der Waals surface area (Å²) in [5.41, 5.74) is 0. The second-order valence-corrected chi connectivity index (χ2v) is 6.58. The summed E-state index contributed by atoms with van der Waals surface area (Å²) >= 11 is 0. The highest BCUT2D eigenvalue weighted by Crippen LogP contribution is 2.26. The number of hydrogen-bond acceptors (Lipinski definition) is 7. The van der Waals surface area contributed by atoms with Crippen LogP contribution >= 0.6 is 0 Å². The summed E-state index contributed by atoms with van der Waals surface area (Å²) < 4.78 is 64.7. The van der Waals surface area contributed by atoms with E-state index in [2.05, 4.69) is 4.18 Å². The van der Waals surface area contributed by atoms with Crippen LogP contribution < -0.4 is 4.72 Å². The van der Waals surface area contributed by atoms with Crippen molar-refractivity contribution in [3.63, 3.8) is 0 Å². The molecule has 19 heavy (non-hydrogen) atoms. The summed E-state index contributed by atoms with van der Waals surface area (Å²) in [5, 5.41) is 19.3. The number of nitrogens with one attached hydrogen (secondary N) is 1. The van der Waals surface area contributed by atoms with E-state index < -0.39 is 51.5 Å². The number of aliphatic hydroxyl groups is 2. The lowest BCUT2D eigenvalue weighted by molar-refractivity contribution is -0.0231. The van der Waals surface area contributed by atoms with Gasteiger partial charge in [0.1, 0.15) is 0 Å². The van der Waals surface area contributed by atoms with Crippen LogP contribution in [0.1, 0.15) is 12.8 Å². The fourth-order valence-corrected chi connectivity index (χ4v) is 3.00. The van der Waals surface area contributed by atoms with Crippen LogP contribution in [0.5, 0.6) is 0 Å². The molecule has 0 heterocycles. The topological polar surface area (TPSA) is 170 Å². The molecule has 114 valence electrons. The Morgan fingerprint density at radius 1 is 1.05 bits per heavy atom. The highest BCUT2D eigenvalue weighted by molar-refractivity contribution is 7.83. The zero-order valence-electron chi connectivity index (χ0n) is 9.58. The minimum Gasteiger partial charge on any atom is -0.391 e. The third kappa shape index (κ3) is 6.09. The average molecular weight is 321 g/mol. The summed E-state index contributed by atoms with van der Waals surface area (Å²) in [7, 11) is -9.20. The molecule has 0 aliphatic heterocycles. The van der Waals surface area contributed by atoms with E-state index in [0.29, 0.717) is 0 Å². The van der Waals surface area contributed by atoms with Gasteiger partial charge in [-0.1, -0.05) is 0 Å². The Labute approximate surface area is 110 Å². The van der Waals surface area contributed by atoms with E-state index in [9.17, 15) is 27.0 Å². The maximum Gasteiger partial charge on any atom is 0.397 e. The van der Waals surface area contributed by atoms with E-state index >= 15 is 0 Å². The predicted molar refractivity (Wildman–Crippen MR) is 60.7 cm³/mol. The number of rotatable bonds is 5. The van der Waals surface area contributed by atoms with Crippen molar-refractivity contribution in [3.05, 3.63) is 0 Å².